The summed E-state index contributed by atoms with van der Waals surface area (Å²) in [7, 11) is -3.41. The highest BCUT2D eigenvalue weighted by molar-refractivity contribution is 7.90. The van der Waals surface area contributed by atoms with E-state index in [-0.39, 0.29) is 22.2 Å². The van der Waals surface area contributed by atoms with Gasteiger partial charge in [0.25, 0.3) is 0 Å². The van der Waals surface area contributed by atoms with Gasteiger partial charge in [-0.3, -0.25) is 4.79 Å². The molecule has 2 rings (SSSR count). The molecule has 5 nitrogen and oxygen atoms in total. The van der Waals surface area contributed by atoms with E-state index in [2.05, 4.69) is 10.6 Å². The predicted molar refractivity (Wildman–Crippen MR) is 92.8 cm³/mol. The van der Waals surface area contributed by atoms with Crippen LogP contribution in [0.2, 0.25) is 5.02 Å². The Morgan fingerprint density at radius 1 is 1.17 bits per heavy atom. The van der Waals surface area contributed by atoms with Crippen LogP contribution in [0.4, 0.5) is 15.8 Å². The van der Waals surface area contributed by atoms with E-state index in [1.807, 2.05) is 0 Å². The standard InChI is InChI=1S/C16H16ClFN2O3S/c1-10-3-4-11(18)7-14(10)19-9-16(21)20-15-8-12(24(2,22)23)5-6-13(15)17/h3-8,19H,9H2,1-2H3,(H,20,21). The molecule has 128 valence electrons. The lowest BCUT2D eigenvalue weighted by atomic mass is 10.2. The molecule has 8 heteroatoms. The third kappa shape index (κ3) is 4.69. The highest BCUT2D eigenvalue weighted by Gasteiger charge is 2.12. The van der Waals surface area contributed by atoms with Crippen LogP contribution in [0.3, 0.4) is 0 Å². The first-order valence-electron chi connectivity index (χ1n) is 6.96. The van der Waals surface area contributed by atoms with Crippen LogP contribution >= 0.6 is 11.6 Å². The Morgan fingerprint density at radius 2 is 1.88 bits per heavy atom. The van der Waals surface area contributed by atoms with Crippen molar-refractivity contribution >= 4 is 38.7 Å². The van der Waals surface area contributed by atoms with Crippen molar-refractivity contribution in [1.82, 2.24) is 0 Å². The lowest BCUT2D eigenvalue weighted by Gasteiger charge is -2.11. The maximum atomic E-state index is 13.2. The van der Waals surface area contributed by atoms with E-state index < -0.39 is 21.6 Å². The summed E-state index contributed by atoms with van der Waals surface area (Å²) < 4.78 is 36.3. The number of sulfone groups is 1. The minimum Gasteiger partial charge on any atom is -0.376 e. The number of carbonyl (C=O) groups is 1. The van der Waals surface area contributed by atoms with Crippen molar-refractivity contribution in [3.05, 3.63) is 52.8 Å². The van der Waals surface area contributed by atoms with Gasteiger partial charge in [-0.2, -0.15) is 0 Å². The van der Waals surface area contributed by atoms with Gasteiger partial charge in [-0.1, -0.05) is 17.7 Å². The minimum atomic E-state index is -3.41. The molecule has 0 unspecified atom stereocenters. The predicted octanol–water partition coefficient (Wildman–Crippen LogP) is 3.24. The van der Waals surface area contributed by atoms with Gasteiger partial charge in [-0.05, 0) is 42.8 Å². The highest BCUT2D eigenvalue weighted by Crippen LogP contribution is 2.25. The molecule has 0 aromatic heterocycles. The Morgan fingerprint density at radius 3 is 2.54 bits per heavy atom. The zero-order valence-corrected chi connectivity index (χ0v) is 14.6. The van der Waals surface area contributed by atoms with Gasteiger partial charge in [0.05, 0.1) is 22.2 Å². The minimum absolute atomic E-state index is 0.0520. The van der Waals surface area contributed by atoms with Crippen LogP contribution in [0.25, 0.3) is 0 Å². The maximum absolute atomic E-state index is 13.2. The van der Waals surface area contributed by atoms with Gasteiger partial charge in [0.1, 0.15) is 5.82 Å². The molecule has 2 aromatic carbocycles. The van der Waals surface area contributed by atoms with Crippen molar-refractivity contribution in [2.24, 2.45) is 0 Å². The van der Waals surface area contributed by atoms with Gasteiger partial charge in [0.15, 0.2) is 9.84 Å². The van der Waals surface area contributed by atoms with Crippen LogP contribution in [-0.4, -0.2) is 27.1 Å². The zero-order chi connectivity index (χ0) is 17.9. The maximum Gasteiger partial charge on any atom is 0.243 e. The molecule has 0 aliphatic rings. The summed E-state index contributed by atoms with van der Waals surface area (Å²) in [5, 5.41) is 5.58. The van der Waals surface area contributed by atoms with Crippen LogP contribution in [0.5, 0.6) is 0 Å². The summed E-state index contributed by atoms with van der Waals surface area (Å²) in [4.78, 5) is 12.1. The molecule has 0 atom stereocenters. The second-order valence-corrected chi connectivity index (χ2v) is 7.70. The van der Waals surface area contributed by atoms with Gasteiger partial charge in [-0.25, -0.2) is 12.8 Å². The molecule has 0 saturated carbocycles. The van der Waals surface area contributed by atoms with Crippen LogP contribution in [-0.2, 0) is 14.6 Å². The lowest BCUT2D eigenvalue weighted by molar-refractivity contribution is -0.114. The zero-order valence-electron chi connectivity index (χ0n) is 13.1. The van der Waals surface area contributed by atoms with Gasteiger partial charge >= 0.3 is 0 Å². The lowest BCUT2D eigenvalue weighted by Crippen LogP contribution is -2.22. The van der Waals surface area contributed by atoms with E-state index in [1.54, 1.807) is 13.0 Å². The molecule has 0 spiro atoms. The summed E-state index contributed by atoms with van der Waals surface area (Å²) in [5.41, 5.74) is 1.49. The third-order valence-corrected chi connectivity index (χ3v) is 4.72. The molecule has 2 N–H and O–H groups in total. The molecule has 0 aliphatic carbocycles. The fourth-order valence-corrected chi connectivity index (χ4v) is 2.80. The number of aryl methyl sites for hydroxylation is 1. The van der Waals surface area contributed by atoms with E-state index in [9.17, 15) is 17.6 Å². The highest BCUT2D eigenvalue weighted by atomic mass is 35.5. The molecule has 2 aromatic rings. The number of halogens is 2. The Kier molecular flexibility index (Phi) is 5.46. The van der Waals surface area contributed by atoms with Crippen LogP contribution in [0, 0.1) is 12.7 Å². The molecule has 0 saturated heterocycles. The SMILES string of the molecule is Cc1ccc(F)cc1NCC(=O)Nc1cc(S(C)(=O)=O)ccc1Cl. The number of amides is 1. The summed E-state index contributed by atoms with van der Waals surface area (Å²) in [6, 6.07) is 8.28. The average molecular weight is 371 g/mol. The first-order chi connectivity index (χ1) is 11.2. The molecule has 0 heterocycles. The van der Waals surface area contributed by atoms with E-state index in [0.717, 1.165) is 11.8 Å². The first-order valence-corrected chi connectivity index (χ1v) is 9.23. The van der Waals surface area contributed by atoms with Gasteiger partial charge in [0.2, 0.25) is 5.91 Å². The monoisotopic (exact) mass is 370 g/mol. The largest absolute Gasteiger partial charge is 0.376 e. The summed E-state index contributed by atoms with van der Waals surface area (Å²) in [6.45, 7) is 1.66. The van der Waals surface area contributed by atoms with E-state index in [1.165, 1.54) is 30.3 Å². The van der Waals surface area contributed by atoms with E-state index >= 15 is 0 Å². The first kappa shape index (κ1) is 18.2. The Balaban J connectivity index is 2.09. The number of hydrogen-bond donors (Lipinski definition) is 2. The quantitative estimate of drug-likeness (QED) is 0.847. The average Bonchev–Trinajstić information content (AvgIpc) is 2.49. The number of benzene rings is 2. The van der Waals surface area contributed by atoms with Gasteiger partial charge in [0, 0.05) is 11.9 Å². The number of hydrogen-bond acceptors (Lipinski definition) is 4. The van der Waals surface area contributed by atoms with Crippen molar-refractivity contribution in [3.63, 3.8) is 0 Å². The number of rotatable bonds is 5. The summed E-state index contributed by atoms with van der Waals surface area (Å²) in [6.07, 6.45) is 1.07. The Hall–Kier alpha value is -2.12. The second kappa shape index (κ2) is 7.19. The van der Waals surface area contributed by atoms with Crippen molar-refractivity contribution in [3.8, 4) is 0 Å². The molecule has 0 aliphatic heterocycles. The normalized spacial score (nSPS) is 11.2. The second-order valence-electron chi connectivity index (χ2n) is 5.27. The van der Waals surface area contributed by atoms with Crippen molar-refractivity contribution in [1.29, 1.82) is 0 Å². The molecule has 0 fully saturated rings. The molecular formula is C16H16ClFN2O3S. The molecule has 0 radical (unpaired) electrons. The number of carbonyl (C=O) groups excluding carboxylic acids is 1. The Bertz CT molecular complexity index is 885. The Labute approximate surface area is 144 Å². The van der Waals surface area contributed by atoms with Crippen molar-refractivity contribution in [2.75, 3.05) is 23.4 Å². The third-order valence-electron chi connectivity index (χ3n) is 3.28. The molecular weight excluding hydrogens is 355 g/mol. The topological polar surface area (TPSA) is 75.3 Å². The van der Waals surface area contributed by atoms with E-state index in [4.69, 9.17) is 11.6 Å². The van der Waals surface area contributed by atoms with E-state index in [0.29, 0.717) is 5.69 Å². The fourth-order valence-electron chi connectivity index (χ4n) is 1.99. The fraction of sp³-hybridized carbons (Fsp3) is 0.188. The number of nitrogens with one attached hydrogen (secondary N) is 2. The van der Waals surface area contributed by atoms with Crippen LogP contribution in [0.1, 0.15) is 5.56 Å². The smallest absolute Gasteiger partial charge is 0.243 e. The molecule has 24 heavy (non-hydrogen) atoms. The molecule has 0 bridgehead atoms. The van der Waals surface area contributed by atoms with Gasteiger partial charge in [-0.15, -0.1) is 0 Å². The van der Waals surface area contributed by atoms with Crippen molar-refractivity contribution < 1.29 is 17.6 Å². The van der Waals surface area contributed by atoms with Gasteiger partial charge < -0.3 is 10.6 Å². The number of anilines is 2. The van der Waals surface area contributed by atoms with Crippen molar-refractivity contribution in [2.45, 2.75) is 11.8 Å². The summed E-state index contributed by atoms with van der Waals surface area (Å²) in [5.74, 6) is -0.849. The molecule has 1 amide bonds. The van der Waals surface area contributed by atoms with Crippen LogP contribution < -0.4 is 10.6 Å². The summed E-state index contributed by atoms with van der Waals surface area (Å²) >= 11 is 5.97. The van der Waals surface area contributed by atoms with Crippen LogP contribution in [0.15, 0.2) is 41.3 Å².